The van der Waals surface area contributed by atoms with E-state index in [1.165, 1.54) is 11.3 Å². The van der Waals surface area contributed by atoms with E-state index < -0.39 is 0 Å². The first kappa shape index (κ1) is 21.4. The Balaban J connectivity index is 1.46. The molecule has 3 aromatic heterocycles. The Hall–Kier alpha value is -3.47. The second-order valence-electron chi connectivity index (χ2n) is 7.80. The number of nitriles is 1. The van der Waals surface area contributed by atoms with Crippen LogP contribution in [0.25, 0.3) is 21.5 Å². The van der Waals surface area contributed by atoms with Crippen molar-refractivity contribution < 1.29 is 4.79 Å². The highest BCUT2D eigenvalue weighted by molar-refractivity contribution is 7.19. The summed E-state index contributed by atoms with van der Waals surface area (Å²) in [5.74, 6) is 0.668. The fourth-order valence-electron chi connectivity index (χ4n) is 4.17. The number of aromatic nitrogens is 2. The fourth-order valence-corrected chi connectivity index (χ4v) is 5.17. The minimum absolute atomic E-state index is 0.0131. The normalized spacial score (nSPS) is 14.2. The number of thiophene rings is 1. The fraction of sp³-hybridized carbons (Fsp3) is 0.200. The summed E-state index contributed by atoms with van der Waals surface area (Å²) < 4.78 is 0.687. The number of nitrogens with zero attached hydrogens (tertiary/aromatic N) is 5. The third kappa shape index (κ3) is 4.28. The second kappa shape index (κ2) is 9.18. The van der Waals surface area contributed by atoms with Crippen LogP contribution in [0.5, 0.6) is 0 Å². The molecule has 4 aromatic rings. The molecule has 0 atom stereocenters. The molecular weight excluding hydrogens is 454 g/mol. The van der Waals surface area contributed by atoms with Crippen LogP contribution in [0.1, 0.15) is 22.3 Å². The number of hydrogen-bond acceptors (Lipinski definition) is 6. The first-order chi connectivity index (χ1) is 16.1. The number of carbonyl (C=O) groups is 1. The van der Waals surface area contributed by atoms with E-state index in [-0.39, 0.29) is 5.91 Å². The molecule has 8 heteroatoms. The number of amides is 1. The van der Waals surface area contributed by atoms with E-state index in [0.29, 0.717) is 40.9 Å². The van der Waals surface area contributed by atoms with Crippen molar-refractivity contribution in [3.8, 4) is 16.6 Å². The molecule has 1 aliphatic rings. The van der Waals surface area contributed by atoms with Gasteiger partial charge in [0.1, 0.15) is 11.9 Å². The Morgan fingerprint density at radius 1 is 1.06 bits per heavy atom. The van der Waals surface area contributed by atoms with Crippen LogP contribution in [0.2, 0.25) is 4.34 Å². The van der Waals surface area contributed by atoms with Crippen LogP contribution < -0.4 is 4.90 Å². The first-order valence-corrected chi connectivity index (χ1v) is 11.9. The van der Waals surface area contributed by atoms with Crippen molar-refractivity contribution in [2.24, 2.45) is 0 Å². The molecule has 0 N–H and O–H groups in total. The van der Waals surface area contributed by atoms with Gasteiger partial charge in [0.25, 0.3) is 5.91 Å². The van der Waals surface area contributed by atoms with Gasteiger partial charge in [-0.1, -0.05) is 29.8 Å². The van der Waals surface area contributed by atoms with Gasteiger partial charge in [-0.2, -0.15) is 5.26 Å². The van der Waals surface area contributed by atoms with Gasteiger partial charge in [0.15, 0.2) is 0 Å². The highest BCUT2D eigenvalue weighted by Gasteiger charge is 2.24. The molecular formula is C25H20ClN5OS. The van der Waals surface area contributed by atoms with Crippen molar-refractivity contribution in [1.82, 2.24) is 14.9 Å². The number of benzene rings is 1. The summed E-state index contributed by atoms with van der Waals surface area (Å²) in [6.45, 7) is 2.55. The lowest BCUT2D eigenvalue weighted by molar-refractivity contribution is 0.0769. The maximum atomic E-state index is 13.7. The van der Waals surface area contributed by atoms with Crippen LogP contribution in [0.4, 0.5) is 5.82 Å². The van der Waals surface area contributed by atoms with Crippen molar-refractivity contribution in [2.45, 2.75) is 6.42 Å². The molecule has 0 aliphatic carbocycles. The number of anilines is 1. The van der Waals surface area contributed by atoms with Crippen LogP contribution in [0, 0.1) is 11.3 Å². The Bertz CT molecular complexity index is 1380. The second-order valence-corrected chi connectivity index (χ2v) is 9.51. The molecule has 164 valence electrons. The highest BCUT2D eigenvalue weighted by atomic mass is 35.5. The number of carbonyl (C=O) groups excluding carboxylic acids is 1. The molecule has 1 aliphatic heterocycles. The zero-order chi connectivity index (χ0) is 22.8. The van der Waals surface area contributed by atoms with Crippen molar-refractivity contribution in [1.29, 1.82) is 5.26 Å². The third-order valence-electron chi connectivity index (χ3n) is 5.76. The number of rotatable bonds is 3. The topological polar surface area (TPSA) is 73.1 Å². The number of para-hydroxylation sites is 1. The molecule has 1 fully saturated rings. The average Bonchev–Trinajstić information content (AvgIpc) is 3.14. The molecule has 33 heavy (non-hydrogen) atoms. The SMILES string of the molecule is N#Cc1cccnc1N1CCCN(C(=O)c2cc(-c3ccc(Cl)s3)nc3ccccc23)CC1. The molecule has 1 saturated heterocycles. The number of halogens is 1. The molecule has 0 saturated carbocycles. The van der Waals surface area contributed by atoms with Crippen molar-refractivity contribution in [2.75, 3.05) is 31.1 Å². The van der Waals surface area contributed by atoms with Crippen LogP contribution in [-0.4, -0.2) is 47.0 Å². The van der Waals surface area contributed by atoms with Crippen molar-refractivity contribution in [3.05, 3.63) is 76.3 Å². The highest BCUT2D eigenvalue weighted by Crippen LogP contribution is 2.33. The third-order valence-corrected chi connectivity index (χ3v) is 7.02. The minimum atomic E-state index is -0.0131. The average molecular weight is 474 g/mol. The van der Waals surface area contributed by atoms with Crippen molar-refractivity contribution in [3.63, 3.8) is 0 Å². The summed E-state index contributed by atoms with van der Waals surface area (Å²) in [5, 5.41) is 10.3. The molecule has 5 rings (SSSR count). The molecule has 0 unspecified atom stereocenters. The van der Waals surface area contributed by atoms with E-state index in [1.807, 2.05) is 47.4 Å². The Labute approximate surface area is 200 Å². The molecule has 1 amide bonds. The predicted molar refractivity (Wildman–Crippen MR) is 132 cm³/mol. The number of fused-ring (bicyclic) bond motifs is 1. The van der Waals surface area contributed by atoms with Gasteiger partial charge in [-0.3, -0.25) is 4.79 Å². The summed E-state index contributed by atoms with van der Waals surface area (Å²) in [4.78, 5) is 27.8. The zero-order valence-corrected chi connectivity index (χ0v) is 19.3. The van der Waals surface area contributed by atoms with E-state index in [4.69, 9.17) is 16.6 Å². The Morgan fingerprint density at radius 2 is 1.94 bits per heavy atom. The monoisotopic (exact) mass is 473 g/mol. The van der Waals surface area contributed by atoms with Gasteiger partial charge in [0.2, 0.25) is 0 Å². The van der Waals surface area contributed by atoms with Gasteiger partial charge in [0.05, 0.1) is 31.6 Å². The standard InChI is InChI=1S/C25H20ClN5OS/c26-23-9-8-22(33-23)21-15-19(18-6-1-2-7-20(18)29-21)25(32)31-12-4-11-30(13-14-31)24-17(16-27)5-3-10-28-24/h1-3,5-10,15H,4,11-14H2. The van der Waals surface area contributed by atoms with Gasteiger partial charge in [0, 0.05) is 37.8 Å². The summed E-state index contributed by atoms with van der Waals surface area (Å²) in [6.07, 6.45) is 2.50. The quantitative estimate of drug-likeness (QED) is 0.407. The summed E-state index contributed by atoms with van der Waals surface area (Å²) in [6, 6.07) is 19.1. The van der Waals surface area contributed by atoms with Crippen LogP contribution in [0.3, 0.4) is 0 Å². The molecule has 6 nitrogen and oxygen atoms in total. The maximum absolute atomic E-state index is 13.7. The van der Waals surface area contributed by atoms with E-state index in [1.54, 1.807) is 18.3 Å². The van der Waals surface area contributed by atoms with E-state index >= 15 is 0 Å². The summed E-state index contributed by atoms with van der Waals surface area (Å²) >= 11 is 7.59. The minimum Gasteiger partial charge on any atom is -0.354 e. The molecule has 0 spiro atoms. The summed E-state index contributed by atoms with van der Waals surface area (Å²) in [5.41, 5.74) is 2.73. The number of hydrogen-bond donors (Lipinski definition) is 0. The van der Waals surface area contributed by atoms with Gasteiger partial charge >= 0.3 is 0 Å². The van der Waals surface area contributed by atoms with Gasteiger partial charge < -0.3 is 9.80 Å². The Kier molecular flexibility index (Phi) is 5.95. The molecule has 0 radical (unpaired) electrons. The lowest BCUT2D eigenvalue weighted by atomic mass is 10.1. The molecule has 0 bridgehead atoms. The zero-order valence-electron chi connectivity index (χ0n) is 17.7. The van der Waals surface area contributed by atoms with E-state index in [9.17, 15) is 10.1 Å². The van der Waals surface area contributed by atoms with E-state index in [0.717, 1.165) is 34.4 Å². The molecule has 1 aromatic carbocycles. The maximum Gasteiger partial charge on any atom is 0.254 e. The van der Waals surface area contributed by atoms with Crippen LogP contribution in [0.15, 0.2) is 60.8 Å². The first-order valence-electron chi connectivity index (χ1n) is 10.7. The van der Waals surface area contributed by atoms with Crippen molar-refractivity contribution >= 4 is 45.6 Å². The smallest absolute Gasteiger partial charge is 0.254 e. The van der Waals surface area contributed by atoms with Gasteiger partial charge in [-0.25, -0.2) is 9.97 Å². The Morgan fingerprint density at radius 3 is 2.76 bits per heavy atom. The van der Waals surface area contributed by atoms with Gasteiger partial charge in [-0.05, 0) is 42.8 Å². The van der Waals surface area contributed by atoms with E-state index in [2.05, 4.69) is 16.0 Å². The lowest BCUT2D eigenvalue weighted by Crippen LogP contribution is -2.35. The summed E-state index contributed by atoms with van der Waals surface area (Å²) in [7, 11) is 0. The lowest BCUT2D eigenvalue weighted by Gasteiger charge is -2.24. The van der Waals surface area contributed by atoms with Crippen LogP contribution in [-0.2, 0) is 0 Å². The number of pyridine rings is 2. The molecule has 4 heterocycles. The largest absolute Gasteiger partial charge is 0.354 e. The van der Waals surface area contributed by atoms with Crippen LogP contribution >= 0.6 is 22.9 Å². The van der Waals surface area contributed by atoms with Gasteiger partial charge in [-0.15, -0.1) is 11.3 Å². The predicted octanol–water partition coefficient (Wildman–Crippen LogP) is 5.24.